The molecule has 2 heteroatoms. The predicted molar refractivity (Wildman–Crippen MR) is 93.7 cm³/mol. The Morgan fingerprint density at radius 2 is 2.09 bits per heavy atom. The maximum atomic E-state index is 13.8. The summed E-state index contributed by atoms with van der Waals surface area (Å²) < 4.78 is 13.8. The highest BCUT2D eigenvalue weighted by atomic mass is 19.1. The lowest BCUT2D eigenvalue weighted by atomic mass is 9.56. The van der Waals surface area contributed by atoms with Gasteiger partial charge >= 0.3 is 0 Å². The highest BCUT2D eigenvalue weighted by Crippen LogP contribution is 2.56. The van der Waals surface area contributed by atoms with Crippen molar-refractivity contribution >= 4 is 0 Å². The molecule has 0 fully saturated rings. The topological polar surface area (TPSA) is 20.2 Å². The fourth-order valence-corrected chi connectivity index (χ4v) is 5.07. The zero-order valence-electron chi connectivity index (χ0n) is 14.9. The van der Waals surface area contributed by atoms with Crippen LogP contribution in [0.5, 0.6) is 0 Å². The SMILES string of the molecule is CCCCC1C(C2=C[C@](C)(O)CC2)CC=C2CC(F)=CCC21C. The van der Waals surface area contributed by atoms with E-state index in [9.17, 15) is 9.50 Å². The van der Waals surface area contributed by atoms with E-state index in [0.717, 1.165) is 25.7 Å². The molecule has 0 amide bonds. The van der Waals surface area contributed by atoms with Crippen LogP contribution in [0.15, 0.2) is 35.2 Å². The lowest BCUT2D eigenvalue weighted by molar-refractivity contribution is 0.112. The molecular formula is C21H31FO. The van der Waals surface area contributed by atoms with E-state index in [0.29, 0.717) is 18.3 Å². The number of rotatable bonds is 4. The van der Waals surface area contributed by atoms with Crippen molar-refractivity contribution in [2.45, 2.75) is 77.7 Å². The van der Waals surface area contributed by atoms with E-state index >= 15 is 0 Å². The first kappa shape index (κ1) is 17.0. The van der Waals surface area contributed by atoms with Gasteiger partial charge in [-0.15, -0.1) is 0 Å². The van der Waals surface area contributed by atoms with E-state index in [1.54, 1.807) is 0 Å². The molecule has 4 atom stereocenters. The number of fused-ring (bicyclic) bond motifs is 1. The van der Waals surface area contributed by atoms with Crippen LogP contribution in [0.1, 0.15) is 72.1 Å². The molecule has 0 heterocycles. The largest absolute Gasteiger partial charge is 0.386 e. The van der Waals surface area contributed by atoms with E-state index in [1.807, 2.05) is 13.0 Å². The summed E-state index contributed by atoms with van der Waals surface area (Å²) in [5, 5.41) is 10.3. The van der Waals surface area contributed by atoms with Gasteiger partial charge in [-0.3, -0.25) is 0 Å². The van der Waals surface area contributed by atoms with Gasteiger partial charge in [-0.2, -0.15) is 0 Å². The molecule has 0 aromatic heterocycles. The minimum atomic E-state index is -0.631. The van der Waals surface area contributed by atoms with Crippen molar-refractivity contribution in [3.05, 3.63) is 35.2 Å². The number of hydrogen-bond donors (Lipinski definition) is 1. The highest BCUT2D eigenvalue weighted by molar-refractivity contribution is 5.33. The van der Waals surface area contributed by atoms with Crippen LogP contribution in [0.3, 0.4) is 0 Å². The van der Waals surface area contributed by atoms with E-state index in [2.05, 4.69) is 26.0 Å². The number of halogens is 1. The van der Waals surface area contributed by atoms with Gasteiger partial charge in [-0.25, -0.2) is 4.39 Å². The van der Waals surface area contributed by atoms with E-state index < -0.39 is 5.60 Å². The number of unbranched alkanes of at least 4 members (excludes halogenated alkanes) is 1. The predicted octanol–water partition coefficient (Wildman–Crippen LogP) is 5.86. The molecule has 0 aromatic rings. The van der Waals surface area contributed by atoms with Crippen LogP contribution in [-0.2, 0) is 0 Å². The summed E-state index contributed by atoms with van der Waals surface area (Å²) >= 11 is 0. The Hall–Kier alpha value is -0.890. The summed E-state index contributed by atoms with van der Waals surface area (Å²) in [6.45, 7) is 6.52. The highest BCUT2D eigenvalue weighted by Gasteiger charge is 2.46. The normalized spacial score (nSPS) is 40.3. The molecule has 0 saturated heterocycles. The van der Waals surface area contributed by atoms with Crippen LogP contribution in [-0.4, -0.2) is 10.7 Å². The monoisotopic (exact) mass is 318 g/mol. The van der Waals surface area contributed by atoms with Crippen LogP contribution in [0.2, 0.25) is 0 Å². The smallest absolute Gasteiger partial charge is 0.100 e. The van der Waals surface area contributed by atoms with Crippen molar-refractivity contribution in [3.8, 4) is 0 Å². The van der Waals surface area contributed by atoms with Crippen LogP contribution in [0, 0.1) is 17.3 Å². The molecule has 0 radical (unpaired) electrons. The van der Waals surface area contributed by atoms with Crippen molar-refractivity contribution in [3.63, 3.8) is 0 Å². The van der Waals surface area contributed by atoms with E-state index in [4.69, 9.17) is 0 Å². The lowest BCUT2D eigenvalue weighted by Gasteiger charge is -2.49. The van der Waals surface area contributed by atoms with Gasteiger partial charge in [0.1, 0.15) is 5.83 Å². The summed E-state index contributed by atoms with van der Waals surface area (Å²) in [4.78, 5) is 0. The van der Waals surface area contributed by atoms with Gasteiger partial charge in [-0.1, -0.05) is 56.1 Å². The van der Waals surface area contributed by atoms with Crippen LogP contribution in [0.25, 0.3) is 0 Å². The molecule has 23 heavy (non-hydrogen) atoms. The minimum Gasteiger partial charge on any atom is -0.386 e. The molecule has 3 rings (SSSR count). The Balaban J connectivity index is 1.92. The third-order valence-electron chi connectivity index (χ3n) is 6.52. The number of aliphatic hydroxyl groups is 1. The van der Waals surface area contributed by atoms with Crippen LogP contribution >= 0.6 is 0 Å². The van der Waals surface area contributed by atoms with Crippen LogP contribution in [0.4, 0.5) is 4.39 Å². The summed E-state index contributed by atoms with van der Waals surface area (Å²) in [7, 11) is 0. The first-order valence-corrected chi connectivity index (χ1v) is 9.34. The van der Waals surface area contributed by atoms with Gasteiger partial charge in [0, 0.05) is 6.42 Å². The molecule has 0 aromatic carbocycles. The van der Waals surface area contributed by atoms with Gasteiger partial charge in [0.15, 0.2) is 0 Å². The Bertz CT molecular complexity index is 554. The van der Waals surface area contributed by atoms with Crippen molar-refractivity contribution in [1.82, 2.24) is 0 Å². The molecule has 0 spiro atoms. The van der Waals surface area contributed by atoms with Gasteiger partial charge in [0.05, 0.1) is 5.60 Å². The minimum absolute atomic E-state index is 0.0458. The van der Waals surface area contributed by atoms with Gasteiger partial charge < -0.3 is 5.11 Å². The molecule has 128 valence electrons. The number of hydrogen-bond acceptors (Lipinski definition) is 1. The zero-order valence-corrected chi connectivity index (χ0v) is 14.9. The Labute approximate surface area is 140 Å². The average molecular weight is 318 g/mol. The number of allylic oxidation sites excluding steroid dienone is 5. The molecule has 3 aliphatic rings. The Morgan fingerprint density at radius 3 is 2.74 bits per heavy atom. The maximum Gasteiger partial charge on any atom is 0.100 e. The molecule has 0 bridgehead atoms. The Kier molecular flexibility index (Phi) is 4.57. The molecule has 0 aliphatic heterocycles. The zero-order chi connectivity index (χ0) is 16.7. The van der Waals surface area contributed by atoms with Crippen molar-refractivity contribution in [1.29, 1.82) is 0 Å². The fourth-order valence-electron chi connectivity index (χ4n) is 5.07. The van der Waals surface area contributed by atoms with Crippen LogP contribution < -0.4 is 0 Å². The molecule has 0 saturated carbocycles. The van der Waals surface area contributed by atoms with Crippen molar-refractivity contribution < 1.29 is 9.50 Å². The summed E-state index contributed by atoms with van der Waals surface area (Å²) in [5.41, 5.74) is 2.24. The molecule has 1 N–H and O–H groups in total. The molecule has 3 aliphatic carbocycles. The quantitative estimate of drug-likeness (QED) is 0.643. The standard InChI is InChI=1S/C21H31FO/c1-4-5-6-19-18(15-9-11-20(2,23)14-15)8-7-16-13-17(22)10-12-21(16,19)3/h7,10,14,18-19,23H,4-6,8-9,11-13H2,1-3H3/t18?,19?,20-,21?/m1/s1. The summed E-state index contributed by atoms with van der Waals surface area (Å²) in [6.07, 6.45) is 14.1. The van der Waals surface area contributed by atoms with Gasteiger partial charge in [-0.05, 0) is 56.3 Å². The van der Waals surface area contributed by atoms with Crippen molar-refractivity contribution in [2.24, 2.45) is 17.3 Å². The second-order valence-electron chi connectivity index (χ2n) is 8.35. The average Bonchev–Trinajstić information content (AvgIpc) is 2.85. The fraction of sp³-hybridized carbons (Fsp3) is 0.714. The molecule has 1 nitrogen and oxygen atoms in total. The second-order valence-corrected chi connectivity index (χ2v) is 8.35. The summed E-state index contributed by atoms with van der Waals surface area (Å²) in [5.74, 6) is 1.15. The van der Waals surface area contributed by atoms with Crippen molar-refractivity contribution in [2.75, 3.05) is 0 Å². The van der Waals surface area contributed by atoms with E-state index in [-0.39, 0.29) is 11.2 Å². The second kappa shape index (κ2) is 6.20. The first-order valence-electron chi connectivity index (χ1n) is 9.34. The van der Waals surface area contributed by atoms with E-state index in [1.165, 1.54) is 30.4 Å². The van der Waals surface area contributed by atoms with Gasteiger partial charge in [0.25, 0.3) is 0 Å². The molecular weight excluding hydrogens is 287 g/mol. The summed E-state index contributed by atoms with van der Waals surface area (Å²) in [6, 6.07) is 0. The maximum absolute atomic E-state index is 13.8. The third kappa shape index (κ3) is 3.20. The van der Waals surface area contributed by atoms with Gasteiger partial charge in [0.2, 0.25) is 0 Å². The lowest BCUT2D eigenvalue weighted by Crippen LogP contribution is -2.39. The third-order valence-corrected chi connectivity index (χ3v) is 6.52. The Morgan fingerprint density at radius 1 is 1.30 bits per heavy atom. The first-order chi connectivity index (χ1) is 10.9. The molecule has 3 unspecified atom stereocenters.